The molecule has 0 aliphatic heterocycles. The Bertz CT molecular complexity index is 726. The van der Waals surface area contributed by atoms with E-state index in [-0.39, 0.29) is 5.97 Å². The summed E-state index contributed by atoms with van der Waals surface area (Å²) in [7, 11) is 0. The highest BCUT2D eigenvalue weighted by Crippen LogP contribution is 2.36. The van der Waals surface area contributed by atoms with Gasteiger partial charge in [0.2, 0.25) is 0 Å². The molecule has 26 heavy (non-hydrogen) atoms. The first-order chi connectivity index (χ1) is 12.7. The van der Waals surface area contributed by atoms with Gasteiger partial charge in [0.05, 0.1) is 6.61 Å². The summed E-state index contributed by atoms with van der Waals surface area (Å²) in [5.74, 6) is -0.148. The molecular formula is C23H27NO2. The fraction of sp³-hybridized carbons (Fsp3) is 0.348. The second kappa shape index (κ2) is 8.81. The zero-order valence-corrected chi connectivity index (χ0v) is 15.4. The van der Waals surface area contributed by atoms with Gasteiger partial charge < -0.3 is 10.1 Å². The van der Waals surface area contributed by atoms with Crippen LogP contribution in [0.1, 0.15) is 30.9 Å². The van der Waals surface area contributed by atoms with Crippen molar-refractivity contribution in [1.29, 1.82) is 0 Å². The first-order valence-corrected chi connectivity index (χ1v) is 9.44. The van der Waals surface area contributed by atoms with Crippen molar-refractivity contribution in [2.24, 2.45) is 0 Å². The van der Waals surface area contributed by atoms with Crippen molar-refractivity contribution in [2.75, 3.05) is 13.2 Å². The quantitative estimate of drug-likeness (QED) is 0.606. The molecule has 0 bridgehead atoms. The maximum atomic E-state index is 12.7. The lowest BCUT2D eigenvalue weighted by Gasteiger charge is -2.34. The lowest BCUT2D eigenvalue weighted by Crippen LogP contribution is -2.42. The number of carbonyl (C=O) groups is 1. The third-order valence-electron chi connectivity index (χ3n) is 5.05. The lowest BCUT2D eigenvalue weighted by atomic mass is 9.72. The molecule has 1 N–H and O–H groups in total. The normalized spacial score (nSPS) is 22.1. The van der Waals surface area contributed by atoms with Gasteiger partial charge in [-0.1, -0.05) is 72.8 Å². The molecule has 0 heterocycles. The highest BCUT2D eigenvalue weighted by Gasteiger charge is 2.41. The first kappa shape index (κ1) is 18.4. The number of esters is 1. The Morgan fingerprint density at radius 1 is 1.12 bits per heavy atom. The Morgan fingerprint density at radius 2 is 1.81 bits per heavy atom. The third-order valence-corrected chi connectivity index (χ3v) is 5.05. The minimum Gasteiger partial charge on any atom is -0.465 e. The van der Waals surface area contributed by atoms with Crippen molar-refractivity contribution in [2.45, 2.75) is 37.6 Å². The maximum absolute atomic E-state index is 12.7. The Kier molecular flexibility index (Phi) is 6.24. The van der Waals surface area contributed by atoms with Gasteiger partial charge >= 0.3 is 5.97 Å². The van der Waals surface area contributed by atoms with E-state index in [0.29, 0.717) is 12.6 Å². The van der Waals surface area contributed by atoms with Crippen LogP contribution in [0.5, 0.6) is 0 Å². The van der Waals surface area contributed by atoms with E-state index in [1.54, 1.807) is 0 Å². The van der Waals surface area contributed by atoms with E-state index < -0.39 is 5.41 Å². The van der Waals surface area contributed by atoms with E-state index in [0.717, 1.165) is 31.4 Å². The fourth-order valence-electron chi connectivity index (χ4n) is 3.58. The van der Waals surface area contributed by atoms with Gasteiger partial charge in [-0.3, -0.25) is 4.79 Å². The average Bonchev–Trinajstić information content (AvgIpc) is 2.70. The second-order valence-electron chi connectivity index (χ2n) is 6.75. The molecule has 0 radical (unpaired) electrons. The summed E-state index contributed by atoms with van der Waals surface area (Å²) in [4.78, 5) is 12.7. The van der Waals surface area contributed by atoms with Crippen LogP contribution in [-0.2, 0) is 21.4 Å². The molecule has 0 saturated heterocycles. The van der Waals surface area contributed by atoms with Crippen LogP contribution < -0.4 is 5.32 Å². The zero-order valence-electron chi connectivity index (χ0n) is 15.4. The van der Waals surface area contributed by atoms with Gasteiger partial charge in [0.1, 0.15) is 5.41 Å². The molecule has 1 aliphatic carbocycles. The zero-order chi connectivity index (χ0) is 18.2. The monoisotopic (exact) mass is 349 g/mol. The molecule has 3 nitrogen and oxygen atoms in total. The molecule has 136 valence electrons. The predicted octanol–water partition coefficient (Wildman–Crippen LogP) is 4.04. The number of carbonyl (C=O) groups excluding carboxylic acids is 1. The van der Waals surface area contributed by atoms with Gasteiger partial charge in [0, 0.05) is 6.04 Å². The van der Waals surface area contributed by atoms with Crippen molar-refractivity contribution in [1.82, 2.24) is 5.32 Å². The first-order valence-electron chi connectivity index (χ1n) is 9.44. The standard InChI is InChI=1S/C23H27NO2/c1-2-26-22(25)23(20-11-7-4-8-12-20)16-13-21(14-17-23)24-18-15-19-9-5-3-6-10-19/h3-13,16,21,24H,2,14-15,17-18H2,1H3. The van der Waals surface area contributed by atoms with E-state index in [9.17, 15) is 4.79 Å². The number of rotatable bonds is 7. The number of benzene rings is 2. The Balaban J connectivity index is 1.66. The predicted molar refractivity (Wildman–Crippen MR) is 105 cm³/mol. The maximum Gasteiger partial charge on any atom is 0.320 e. The van der Waals surface area contributed by atoms with E-state index >= 15 is 0 Å². The number of nitrogens with one attached hydrogen (secondary N) is 1. The molecule has 3 rings (SSSR count). The summed E-state index contributed by atoms with van der Waals surface area (Å²) < 4.78 is 5.40. The summed E-state index contributed by atoms with van der Waals surface area (Å²) in [5.41, 5.74) is 1.69. The van der Waals surface area contributed by atoms with Crippen molar-refractivity contribution < 1.29 is 9.53 Å². The van der Waals surface area contributed by atoms with Crippen LogP contribution in [0.2, 0.25) is 0 Å². The molecule has 0 aromatic heterocycles. The van der Waals surface area contributed by atoms with Crippen molar-refractivity contribution in [3.8, 4) is 0 Å². The molecule has 2 aromatic carbocycles. The number of hydrogen-bond acceptors (Lipinski definition) is 3. The average molecular weight is 349 g/mol. The molecule has 2 unspecified atom stereocenters. The van der Waals surface area contributed by atoms with Gasteiger partial charge in [-0.15, -0.1) is 0 Å². The van der Waals surface area contributed by atoms with Crippen LogP contribution in [-0.4, -0.2) is 25.2 Å². The molecular weight excluding hydrogens is 322 g/mol. The van der Waals surface area contributed by atoms with Gasteiger partial charge in [-0.2, -0.15) is 0 Å². The van der Waals surface area contributed by atoms with Crippen LogP contribution in [0, 0.1) is 0 Å². The molecule has 0 spiro atoms. The van der Waals surface area contributed by atoms with Gasteiger partial charge in [0.25, 0.3) is 0 Å². The van der Waals surface area contributed by atoms with Crippen LogP contribution >= 0.6 is 0 Å². The Hall–Kier alpha value is -2.39. The summed E-state index contributed by atoms with van der Waals surface area (Å²) in [6, 6.07) is 20.8. The third kappa shape index (κ3) is 4.23. The molecule has 0 saturated carbocycles. The molecule has 3 heteroatoms. The molecule has 2 atom stereocenters. The number of ether oxygens (including phenoxy) is 1. The lowest BCUT2D eigenvalue weighted by molar-refractivity contribution is -0.148. The minimum absolute atomic E-state index is 0.148. The minimum atomic E-state index is -0.658. The molecule has 0 amide bonds. The smallest absolute Gasteiger partial charge is 0.320 e. The summed E-state index contributed by atoms with van der Waals surface area (Å²) in [5, 5.41) is 3.59. The Morgan fingerprint density at radius 3 is 2.42 bits per heavy atom. The van der Waals surface area contributed by atoms with Crippen LogP contribution in [0.3, 0.4) is 0 Å². The van der Waals surface area contributed by atoms with E-state index in [4.69, 9.17) is 4.74 Å². The van der Waals surface area contributed by atoms with Gasteiger partial charge in [-0.05, 0) is 43.9 Å². The largest absolute Gasteiger partial charge is 0.465 e. The van der Waals surface area contributed by atoms with E-state index in [2.05, 4.69) is 35.7 Å². The highest BCUT2D eigenvalue weighted by molar-refractivity contribution is 5.86. The number of hydrogen-bond donors (Lipinski definition) is 1. The molecule has 0 fully saturated rings. The van der Waals surface area contributed by atoms with Crippen molar-refractivity contribution in [3.63, 3.8) is 0 Å². The summed E-state index contributed by atoms with van der Waals surface area (Å²) >= 11 is 0. The second-order valence-corrected chi connectivity index (χ2v) is 6.75. The van der Waals surface area contributed by atoms with Crippen LogP contribution in [0.25, 0.3) is 0 Å². The molecule has 1 aliphatic rings. The fourth-order valence-corrected chi connectivity index (χ4v) is 3.58. The highest BCUT2D eigenvalue weighted by atomic mass is 16.5. The van der Waals surface area contributed by atoms with Crippen LogP contribution in [0.4, 0.5) is 0 Å². The van der Waals surface area contributed by atoms with Crippen molar-refractivity contribution in [3.05, 3.63) is 83.9 Å². The Labute approximate surface area is 156 Å². The van der Waals surface area contributed by atoms with Gasteiger partial charge in [-0.25, -0.2) is 0 Å². The van der Waals surface area contributed by atoms with Crippen LogP contribution in [0.15, 0.2) is 72.8 Å². The summed E-state index contributed by atoms with van der Waals surface area (Å²) in [6.45, 7) is 3.19. The molecule has 2 aromatic rings. The topological polar surface area (TPSA) is 38.3 Å². The summed E-state index contributed by atoms with van der Waals surface area (Å²) in [6.07, 6.45) is 6.86. The SMILES string of the molecule is CCOC(=O)C1(c2ccccc2)C=CC(NCCc2ccccc2)CC1. The van der Waals surface area contributed by atoms with Crippen molar-refractivity contribution >= 4 is 5.97 Å². The van der Waals surface area contributed by atoms with E-state index in [1.165, 1.54) is 5.56 Å². The van der Waals surface area contributed by atoms with Gasteiger partial charge in [0.15, 0.2) is 0 Å². The van der Waals surface area contributed by atoms with E-state index in [1.807, 2.05) is 49.4 Å².